The van der Waals surface area contributed by atoms with E-state index in [2.05, 4.69) is 15.5 Å². The molecule has 2 bridgehead atoms. The first kappa shape index (κ1) is 17.4. The quantitative estimate of drug-likeness (QED) is 0.881. The number of nitrogens with one attached hydrogen (secondary N) is 1. The number of aromatic nitrogens is 2. The predicted octanol–water partition coefficient (Wildman–Crippen LogP) is 2.13. The van der Waals surface area contributed by atoms with Crippen molar-refractivity contribution < 1.29 is 14.1 Å². The Morgan fingerprint density at radius 2 is 2.14 bits per heavy atom. The van der Waals surface area contributed by atoms with E-state index in [0.29, 0.717) is 36.6 Å². The minimum absolute atomic E-state index is 0.0395. The second kappa shape index (κ2) is 6.72. The minimum atomic E-state index is -0.157. The number of carbonyl (C=O) groups is 2. The number of fused-ring (bicyclic) bond motifs is 2. The summed E-state index contributed by atoms with van der Waals surface area (Å²) in [6, 6.07) is 8.01. The normalized spacial score (nSPS) is 29.2. The maximum absolute atomic E-state index is 13.3. The number of hydrogen-bond donors (Lipinski definition) is 1. The largest absolute Gasteiger partial charge is 0.353 e. The van der Waals surface area contributed by atoms with Crippen molar-refractivity contribution in [1.82, 2.24) is 20.4 Å². The molecule has 5 rings (SSSR count). The van der Waals surface area contributed by atoms with Crippen molar-refractivity contribution in [1.29, 1.82) is 0 Å². The van der Waals surface area contributed by atoms with E-state index < -0.39 is 0 Å². The fourth-order valence-corrected chi connectivity index (χ4v) is 5.31. The molecule has 4 atom stereocenters. The van der Waals surface area contributed by atoms with Crippen LogP contribution in [0.15, 0.2) is 28.8 Å². The summed E-state index contributed by atoms with van der Waals surface area (Å²) in [4.78, 5) is 31.4. The van der Waals surface area contributed by atoms with E-state index >= 15 is 0 Å². The highest BCUT2D eigenvalue weighted by Crippen LogP contribution is 2.57. The third-order valence-electron chi connectivity index (χ3n) is 6.55. The molecule has 2 heterocycles. The standard InChI is InChI=1S/C21H24N4O3/c1-12-3-2-4-15(9-12)19-23-20(28-24-19)17-13-5-6-14(10-13)18(17)21(27)25-8-7-22-16(26)11-25/h2-4,9,13-14,17-18H,5-8,10-11H2,1H3,(H,22,26)/t13-,14+,17+,18+/m1/s1. The molecule has 7 nitrogen and oxygen atoms in total. The van der Waals surface area contributed by atoms with Gasteiger partial charge in [-0.15, -0.1) is 0 Å². The van der Waals surface area contributed by atoms with Crippen molar-refractivity contribution in [3.63, 3.8) is 0 Å². The Morgan fingerprint density at radius 3 is 2.96 bits per heavy atom. The van der Waals surface area contributed by atoms with Gasteiger partial charge in [-0.3, -0.25) is 9.59 Å². The lowest BCUT2D eigenvalue weighted by Crippen LogP contribution is -2.52. The molecule has 0 spiro atoms. The molecule has 0 unspecified atom stereocenters. The molecule has 1 aromatic heterocycles. The molecule has 2 saturated carbocycles. The van der Waals surface area contributed by atoms with Crippen LogP contribution in [-0.4, -0.2) is 46.5 Å². The summed E-state index contributed by atoms with van der Waals surface area (Å²) in [6.45, 7) is 3.28. The molecule has 146 valence electrons. The van der Waals surface area contributed by atoms with Crippen LogP contribution in [0.25, 0.3) is 11.4 Å². The van der Waals surface area contributed by atoms with E-state index in [1.54, 1.807) is 4.90 Å². The van der Waals surface area contributed by atoms with Gasteiger partial charge < -0.3 is 14.7 Å². The Bertz CT molecular complexity index is 924. The van der Waals surface area contributed by atoms with E-state index in [0.717, 1.165) is 30.4 Å². The van der Waals surface area contributed by atoms with Crippen LogP contribution in [0.5, 0.6) is 0 Å². The fraction of sp³-hybridized carbons (Fsp3) is 0.524. The average Bonchev–Trinajstić information content (AvgIpc) is 3.43. The number of amides is 2. The number of carbonyl (C=O) groups excluding carboxylic acids is 2. The van der Waals surface area contributed by atoms with E-state index in [-0.39, 0.29) is 30.2 Å². The topological polar surface area (TPSA) is 88.3 Å². The lowest BCUT2D eigenvalue weighted by molar-refractivity contribution is -0.143. The van der Waals surface area contributed by atoms with Crippen molar-refractivity contribution in [2.24, 2.45) is 17.8 Å². The van der Waals surface area contributed by atoms with Crippen LogP contribution in [0.2, 0.25) is 0 Å². The molecule has 7 heteroatoms. The van der Waals surface area contributed by atoms with Crippen LogP contribution in [0.3, 0.4) is 0 Å². The Balaban J connectivity index is 1.43. The summed E-state index contributed by atoms with van der Waals surface area (Å²) in [5.74, 6) is 1.69. The summed E-state index contributed by atoms with van der Waals surface area (Å²) in [5, 5.41) is 6.99. The zero-order valence-corrected chi connectivity index (χ0v) is 15.9. The third kappa shape index (κ3) is 2.89. The van der Waals surface area contributed by atoms with Gasteiger partial charge in [0.25, 0.3) is 0 Å². The maximum atomic E-state index is 13.3. The molecule has 3 fully saturated rings. The third-order valence-corrected chi connectivity index (χ3v) is 6.55. The maximum Gasteiger partial charge on any atom is 0.239 e. The molecular weight excluding hydrogens is 356 g/mol. The zero-order valence-electron chi connectivity index (χ0n) is 15.9. The molecule has 1 aromatic carbocycles. The smallest absolute Gasteiger partial charge is 0.239 e. The summed E-state index contributed by atoms with van der Waals surface area (Å²) in [6.07, 6.45) is 3.20. The SMILES string of the molecule is Cc1cccc(-c2noc([C@H]3[C@@H]4CC[C@@H](C4)[C@@H]3C(=O)N3CCNC(=O)C3)n2)c1. The second-order valence-corrected chi connectivity index (χ2v) is 8.32. The molecule has 2 aliphatic carbocycles. The van der Waals surface area contributed by atoms with Crippen LogP contribution < -0.4 is 5.32 Å². The van der Waals surface area contributed by atoms with Crippen molar-refractivity contribution in [2.45, 2.75) is 32.1 Å². The Hall–Kier alpha value is -2.70. The molecule has 2 aromatic rings. The molecule has 1 N–H and O–H groups in total. The van der Waals surface area contributed by atoms with Gasteiger partial charge in [0.2, 0.25) is 23.5 Å². The number of nitrogens with zero attached hydrogens (tertiary/aromatic N) is 3. The molecule has 1 aliphatic heterocycles. The monoisotopic (exact) mass is 380 g/mol. The van der Waals surface area contributed by atoms with Crippen LogP contribution in [0.4, 0.5) is 0 Å². The summed E-state index contributed by atoms with van der Waals surface area (Å²) in [7, 11) is 0. The van der Waals surface area contributed by atoms with Crippen molar-refractivity contribution in [3.05, 3.63) is 35.7 Å². The lowest BCUT2D eigenvalue weighted by atomic mass is 9.78. The summed E-state index contributed by atoms with van der Waals surface area (Å²) < 4.78 is 5.67. The van der Waals surface area contributed by atoms with E-state index in [1.165, 1.54) is 0 Å². The second-order valence-electron chi connectivity index (χ2n) is 8.32. The van der Waals surface area contributed by atoms with Gasteiger partial charge in [-0.1, -0.05) is 28.9 Å². The molecule has 0 radical (unpaired) electrons. The van der Waals surface area contributed by atoms with Gasteiger partial charge >= 0.3 is 0 Å². The Morgan fingerprint density at radius 1 is 1.29 bits per heavy atom. The fourth-order valence-electron chi connectivity index (χ4n) is 5.31. The minimum Gasteiger partial charge on any atom is -0.353 e. The van der Waals surface area contributed by atoms with Gasteiger partial charge in [-0.05, 0) is 44.1 Å². The molecule has 2 amide bonds. The lowest BCUT2D eigenvalue weighted by Gasteiger charge is -2.34. The molecule has 3 aliphatic rings. The van der Waals surface area contributed by atoms with Crippen LogP contribution >= 0.6 is 0 Å². The number of benzene rings is 1. The summed E-state index contributed by atoms with van der Waals surface area (Å²) in [5.41, 5.74) is 2.06. The van der Waals surface area contributed by atoms with Gasteiger partial charge in [0.15, 0.2) is 0 Å². The van der Waals surface area contributed by atoms with Crippen LogP contribution in [0, 0.1) is 24.7 Å². The van der Waals surface area contributed by atoms with Crippen LogP contribution in [0.1, 0.15) is 36.6 Å². The van der Waals surface area contributed by atoms with Gasteiger partial charge in [-0.2, -0.15) is 4.98 Å². The summed E-state index contributed by atoms with van der Waals surface area (Å²) >= 11 is 0. The van der Waals surface area contributed by atoms with Gasteiger partial charge in [-0.25, -0.2) is 0 Å². The first-order valence-corrected chi connectivity index (χ1v) is 10.1. The zero-order chi connectivity index (χ0) is 19.3. The van der Waals surface area contributed by atoms with E-state index in [9.17, 15) is 9.59 Å². The highest BCUT2D eigenvalue weighted by atomic mass is 16.5. The number of rotatable bonds is 3. The van der Waals surface area contributed by atoms with E-state index in [1.807, 2.05) is 31.2 Å². The van der Waals surface area contributed by atoms with Gasteiger partial charge in [0, 0.05) is 18.7 Å². The Kier molecular flexibility index (Phi) is 4.18. The first-order chi connectivity index (χ1) is 13.6. The average molecular weight is 380 g/mol. The molecular formula is C21H24N4O3. The number of aryl methyl sites for hydroxylation is 1. The number of piperazine rings is 1. The number of hydrogen-bond acceptors (Lipinski definition) is 5. The highest BCUT2D eigenvalue weighted by molar-refractivity contribution is 5.87. The Labute approximate surface area is 163 Å². The van der Waals surface area contributed by atoms with Crippen LogP contribution in [-0.2, 0) is 9.59 Å². The van der Waals surface area contributed by atoms with Crippen molar-refractivity contribution >= 4 is 11.8 Å². The van der Waals surface area contributed by atoms with Crippen molar-refractivity contribution in [3.8, 4) is 11.4 Å². The molecule has 28 heavy (non-hydrogen) atoms. The van der Waals surface area contributed by atoms with Gasteiger partial charge in [0.1, 0.15) is 0 Å². The predicted molar refractivity (Wildman–Crippen MR) is 101 cm³/mol. The first-order valence-electron chi connectivity index (χ1n) is 10.1. The van der Waals surface area contributed by atoms with Gasteiger partial charge in [0.05, 0.1) is 18.4 Å². The van der Waals surface area contributed by atoms with E-state index in [4.69, 9.17) is 4.52 Å². The highest BCUT2D eigenvalue weighted by Gasteiger charge is 2.54. The molecule has 1 saturated heterocycles. The van der Waals surface area contributed by atoms with Crippen molar-refractivity contribution in [2.75, 3.05) is 19.6 Å².